The van der Waals surface area contributed by atoms with E-state index >= 15 is 0 Å². The van der Waals surface area contributed by atoms with Crippen LogP contribution in [0, 0.1) is 0 Å². The molecule has 1 aromatic carbocycles. The van der Waals surface area contributed by atoms with Gasteiger partial charge in [0.15, 0.2) is 6.04 Å². The highest BCUT2D eigenvalue weighted by Gasteiger charge is 2.21. The van der Waals surface area contributed by atoms with Gasteiger partial charge in [0.25, 0.3) is 0 Å². The van der Waals surface area contributed by atoms with Crippen molar-refractivity contribution in [2.24, 2.45) is 0 Å². The van der Waals surface area contributed by atoms with Gasteiger partial charge in [-0.05, 0) is 11.6 Å². The van der Waals surface area contributed by atoms with Crippen LogP contribution in [-0.2, 0) is 11.3 Å². The molecule has 0 saturated heterocycles. The maximum absolute atomic E-state index is 11.8. The van der Waals surface area contributed by atoms with Crippen molar-refractivity contribution in [1.82, 2.24) is 20.6 Å². The molecular weight excluding hydrogens is 272 g/mol. The Labute approximate surface area is 121 Å². The number of aliphatic carboxylic acids is 1. The Morgan fingerprint density at radius 1 is 1.19 bits per heavy atom. The normalized spacial score (nSPS) is 11.4. The summed E-state index contributed by atoms with van der Waals surface area (Å²) in [5.74, 6) is -1.13. The molecule has 2 aromatic rings. The van der Waals surface area contributed by atoms with Gasteiger partial charge in [-0.2, -0.15) is 0 Å². The maximum atomic E-state index is 11.8. The lowest BCUT2D eigenvalue weighted by Gasteiger charge is -2.15. The van der Waals surface area contributed by atoms with Crippen LogP contribution in [-0.4, -0.2) is 27.1 Å². The van der Waals surface area contributed by atoms with E-state index < -0.39 is 18.0 Å². The molecular formula is C14H14N4O3. The number of carbonyl (C=O) groups is 2. The molecule has 3 N–H and O–H groups in total. The summed E-state index contributed by atoms with van der Waals surface area (Å²) in [6.45, 7) is 0.190. The Morgan fingerprint density at radius 3 is 2.57 bits per heavy atom. The number of hydrogen-bond acceptors (Lipinski definition) is 4. The molecule has 21 heavy (non-hydrogen) atoms. The summed E-state index contributed by atoms with van der Waals surface area (Å²) in [5, 5.41) is 14.2. The zero-order valence-corrected chi connectivity index (χ0v) is 11.1. The fourth-order valence-corrected chi connectivity index (χ4v) is 1.71. The first-order valence-electron chi connectivity index (χ1n) is 6.24. The van der Waals surface area contributed by atoms with Crippen LogP contribution in [0.15, 0.2) is 48.9 Å². The molecule has 1 atom stereocenters. The molecule has 0 radical (unpaired) electrons. The summed E-state index contributed by atoms with van der Waals surface area (Å²) in [7, 11) is 0. The predicted molar refractivity (Wildman–Crippen MR) is 74.2 cm³/mol. The lowest BCUT2D eigenvalue weighted by Crippen LogP contribution is -2.40. The molecule has 0 aliphatic rings. The third kappa shape index (κ3) is 4.27. The van der Waals surface area contributed by atoms with E-state index in [0.717, 1.165) is 0 Å². The van der Waals surface area contributed by atoms with Crippen LogP contribution in [0.3, 0.4) is 0 Å². The number of nitrogens with one attached hydrogen (secondary N) is 2. The predicted octanol–water partition coefficient (Wildman–Crippen LogP) is 1.10. The van der Waals surface area contributed by atoms with E-state index in [1.807, 2.05) is 0 Å². The molecule has 0 bridgehead atoms. The van der Waals surface area contributed by atoms with Crippen LogP contribution in [0.1, 0.15) is 17.3 Å². The average Bonchev–Trinajstić information content (AvgIpc) is 2.52. The minimum atomic E-state index is -1.13. The Kier molecular flexibility index (Phi) is 4.81. The Hall–Kier alpha value is -2.96. The molecule has 1 aromatic heterocycles. The monoisotopic (exact) mass is 286 g/mol. The molecule has 7 nitrogen and oxygen atoms in total. The van der Waals surface area contributed by atoms with E-state index in [0.29, 0.717) is 11.3 Å². The maximum Gasteiger partial charge on any atom is 0.330 e. The quantitative estimate of drug-likeness (QED) is 0.763. The average molecular weight is 286 g/mol. The van der Waals surface area contributed by atoms with E-state index in [4.69, 9.17) is 0 Å². The van der Waals surface area contributed by atoms with Crippen LogP contribution < -0.4 is 10.6 Å². The highest BCUT2D eigenvalue weighted by atomic mass is 16.4. The van der Waals surface area contributed by atoms with Gasteiger partial charge in [0.2, 0.25) is 0 Å². The molecule has 2 rings (SSSR count). The van der Waals surface area contributed by atoms with Gasteiger partial charge in [0, 0.05) is 6.20 Å². The first kappa shape index (κ1) is 14.4. The number of aromatic nitrogens is 2. The van der Waals surface area contributed by atoms with E-state index in [-0.39, 0.29) is 6.54 Å². The van der Waals surface area contributed by atoms with Crippen molar-refractivity contribution in [3.8, 4) is 0 Å². The zero-order chi connectivity index (χ0) is 15.1. The summed E-state index contributed by atoms with van der Waals surface area (Å²) >= 11 is 0. The second-order valence-corrected chi connectivity index (χ2v) is 4.21. The topological polar surface area (TPSA) is 104 Å². The van der Waals surface area contributed by atoms with Crippen molar-refractivity contribution < 1.29 is 14.7 Å². The van der Waals surface area contributed by atoms with Crippen LogP contribution in [0.5, 0.6) is 0 Å². The summed E-state index contributed by atoms with van der Waals surface area (Å²) in [5.41, 5.74) is 1.13. The number of benzene rings is 1. The fourth-order valence-electron chi connectivity index (χ4n) is 1.71. The first-order valence-corrected chi connectivity index (χ1v) is 6.24. The van der Waals surface area contributed by atoms with Crippen molar-refractivity contribution in [3.63, 3.8) is 0 Å². The van der Waals surface area contributed by atoms with Gasteiger partial charge in [-0.3, -0.25) is 0 Å². The molecule has 0 saturated carbocycles. The Balaban J connectivity index is 1.95. The zero-order valence-electron chi connectivity index (χ0n) is 11.1. The number of rotatable bonds is 5. The second kappa shape index (κ2) is 6.99. The van der Waals surface area contributed by atoms with Crippen LogP contribution in [0.2, 0.25) is 0 Å². The lowest BCUT2D eigenvalue weighted by atomic mass is 10.1. The fraction of sp³-hybridized carbons (Fsp3) is 0.143. The summed E-state index contributed by atoms with van der Waals surface area (Å²) in [4.78, 5) is 30.7. The second-order valence-electron chi connectivity index (χ2n) is 4.21. The van der Waals surface area contributed by atoms with Crippen LogP contribution >= 0.6 is 0 Å². The van der Waals surface area contributed by atoms with Crippen molar-refractivity contribution in [2.45, 2.75) is 12.6 Å². The molecule has 0 fully saturated rings. The molecule has 0 aliphatic carbocycles. The number of amides is 2. The highest BCUT2D eigenvalue weighted by molar-refractivity contribution is 5.83. The van der Waals surface area contributed by atoms with Crippen LogP contribution in [0.4, 0.5) is 4.79 Å². The van der Waals surface area contributed by atoms with E-state index in [1.54, 1.807) is 42.6 Å². The minimum absolute atomic E-state index is 0.190. The number of nitrogens with zero attached hydrogens (tertiary/aromatic N) is 2. The van der Waals surface area contributed by atoms with Crippen LogP contribution in [0.25, 0.3) is 0 Å². The minimum Gasteiger partial charge on any atom is -0.479 e. The van der Waals surface area contributed by atoms with Gasteiger partial charge in [-0.15, -0.1) is 0 Å². The standard InChI is InChI=1S/C14H14N4O3/c19-13(20)12(10-4-2-1-3-5-10)18-14(21)16-8-11-6-7-15-9-17-11/h1-7,9,12H,8H2,(H,19,20)(H2,16,18,21). The third-order valence-electron chi connectivity index (χ3n) is 2.73. The molecule has 2 amide bonds. The molecule has 7 heteroatoms. The van der Waals surface area contributed by atoms with Gasteiger partial charge in [0.1, 0.15) is 6.33 Å². The van der Waals surface area contributed by atoms with Crippen molar-refractivity contribution in [2.75, 3.05) is 0 Å². The largest absolute Gasteiger partial charge is 0.479 e. The third-order valence-corrected chi connectivity index (χ3v) is 2.73. The van der Waals surface area contributed by atoms with Crippen molar-refractivity contribution >= 4 is 12.0 Å². The van der Waals surface area contributed by atoms with E-state index in [9.17, 15) is 14.7 Å². The van der Waals surface area contributed by atoms with Gasteiger partial charge in [-0.25, -0.2) is 19.6 Å². The SMILES string of the molecule is O=C(NCc1ccncn1)NC(C(=O)O)c1ccccc1. The number of carboxylic acids is 1. The van der Waals surface area contributed by atoms with E-state index in [1.165, 1.54) is 6.33 Å². The molecule has 0 spiro atoms. The Bertz CT molecular complexity index is 604. The van der Waals surface area contributed by atoms with Gasteiger partial charge in [-0.1, -0.05) is 30.3 Å². The number of carbonyl (C=O) groups excluding carboxylic acids is 1. The van der Waals surface area contributed by atoms with Gasteiger partial charge in [0.05, 0.1) is 12.2 Å². The number of carboxylic acid groups (broad SMARTS) is 1. The summed E-state index contributed by atoms with van der Waals surface area (Å²) in [6, 6.07) is 8.47. The lowest BCUT2D eigenvalue weighted by molar-refractivity contribution is -0.139. The summed E-state index contributed by atoms with van der Waals surface area (Å²) in [6.07, 6.45) is 2.94. The number of hydrogen-bond donors (Lipinski definition) is 3. The number of urea groups is 1. The van der Waals surface area contributed by atoms with Gasteiger partial charge >= 0.3 is 12.0 Å². The Morgan fingerprint density at radius 2 is 1.95 bits per heavy atom. The molecule has 0 aliphatic heterocycles. The molecule has 108 valence electrons. The van der Waals surface area contributed by atoms with Crippen molar-refractivity contribution in [1.29, 1.82) is 0 Å². The highest BCUT2D eigenvalue weighted by Crippen LogP contribution is 2.12. The van der Waals surface area contributed by atoms with Crippen molar-refractivity contribution in [3.05, 3.63) is 60.2 Å². The summed E-state index contributed by atoms with van der Waals surface area (Å²) < 4.78 is 0. The first-order chi connectivity index (χ1) is 10.2. The van der Waals surface area contributed by atoms with E-state index in [2.05, 4.69) is 20.6 Å². The molecule has 1 unspecified atom stereocenters. The smallest absolute Gasteiger partial charge is 0.330 e. The van der Waals surface area contributed by atoms with Gasteiger partial charge < -0.3 is 15.7 Å². The molecule has 1 heterocycles.